The molecular weight excluding hydrogens is 538 g/mol. The molecule has 1 aliphatic rings. The van der Waals surface area contributed by atoms with Gasteiger partial charge in [-0.05, 0) is 39.7 Å². The Kier molecular flexibility index (Phi) is 12.0. The van der Waals surface area contributed by atoms with Crippen molar-refractivity contribution in [2.45, 2.75) is 64.8 Å². The predicted octanol–water partition coefficient (Wildman–Crippen LogP) is 3.44. The number of hydrogen-bond acceptors (Lipinski definition) is 11. The topological polar surface area (TPSA) is 167 Å². The molecule has 220 valence electrons. The maximum absolute atomic E-state index is 13.3. The van der Waals surface area contributed by atoms with E-state index in [0.29, 0.717) is 35.7 Å². The molecule has 0 saturated carbocycles. The summed E-state index contributed by atoms with van der Waals surface area (Å²) in [5, 5.41) is 9.97. The summed E-state index contributed by atoms with van der Waals surface area (Å²) in [6.07, 6.45) is 2.06. The summed E-state index contributed by atoms with van der Waals surface area (Å²) in [5.74, 6) is 0.0357. The van der Waals surface area contributed by atoms with E-state index in [9.17, 15) is 14.4 Å². The zero-order valence-corrected chi connectivity index (χ0v) is 24.5. The highest BCUT2D eigenvalue weighted by molar-refractivity contribution is 8.16. The van der Waals surface area contributed by atoms with Gasteiger partial charge in [0.1, 0.15) is 47.1 Å². The standard InChI is InChI=1S/C27H39N5O7S/c1-8-12-36-19-14-20(38-21(33)15-19)22(17(3)9-2)30-24(34)27(28)16-40-23(31-27)18(4)32-37-13-10-11-29-25(35)39-26(5,6)7/h8,14-15,22H,1,3,9-13,16,28H2,2,4-7H3,(H,29,35)(H,30,34)/b32-18+/t22-,27+/m1/s1. The molecule has 12 nitrogen and oxygen atoms in total. The summed E-state index contributed by atoms with van der Waals surface area (Å²) in [7, 11) is 0. The molecule has 0 aromatic carbocycles. The summed E-state index contributed by atoms with van der Waals surface area (Å²) < 4.78 is 16.0. The van der Waals surface area contributed by atoms with Gasteiger partial charge < -0.3 is 29.4 Å². The van der Waals surface area contributed by atoms with Crippen LogP contribution in [0.25, 0.3) is 0 Å². The number of alkyl carbamates (subject to hydrolysis) is 1. The van der Waals surface area contributed by atoms with Crippen molar-refractivity contribution in [3.63, 3.8) is 0 Å². The summed E-state index contributed by atoms with van der Waals surface area (Å²) in [6, 6.07) is 1.90. The Morgan fingerprint density at radius 2 is 2.10 bits per heavy atom. The van der Waals surface area contributed by atoms with E-state index in [4.69, 9.17) is 24.5 Å². The number of nitrogens with two attached hydrogens (primary N) is 1. The number of nitrogens with zero attached hydrogens (tertiary/aromatic N) is 2. The number of thioether (sulfide) groups is 1. The van der Waals surface area contributed by atoms with Crippen LogP contribution in [0.5, 0.6) is 5.75 Å². The number of ether oxygens (including phenoxy) is 2. The minimum atomic E-state index is -1.59. The highest BCUT2D eigenvalue weighted by Crippen LogP contribution is 2.29. The van der Waals surface area contributed by atoms with E-state index in [-0.39, 0.29) is 30.5 Å². The maximum Gasteiger partial charge on any atom is 0.407 e. The van der Waals surface area contributed by atoms with Gasteiger partial charge in [0.25, 0.3) is 5.91 Å². The molecule has 0 aliphatic carbocycles. The van der Waals surface area contributed by atoms with E-state index in [1.165, 1.54) is 23.9 Å². The Morgan fingerprint density at radius 1 is 1.38 bits per heavy atom. The second-order valence-electron chi connectivity index (χ2n) is 9.95. The molecule has 2 amide bonds. The maximum atomic E-state index is 13.3. The smallest absolute Gasteiger partial charge is 0.407 e. The number of hydrogen-bond donors (Lipinski definition) is 3. The lowest BCUT2D eigenvalue weighted by atomic mass is 10.0. The fourth-order valence-electron chi connectivity index (χ4n) is 3.24. The van der Waals surface area contributed by atoms with Gasteiger partial charge in [-0.25, -0.2) is 14.6 Å². The number of aliphatic imine (C=N–C) groups is 1. The van der Waals surface area contributed by atoms with Gasteiger partial charge in [0.2, 0.25) is 0 Å². The number of oxime groups is 1. The lowest BCUT2D eigenvalue weighted by Crippen LogP contribution is -2.54. The molecule has 2 rings (SSSR count). The first-order valence-electron chi connectivity index (χ1n) is 12.8. The van der Waals surface area contributed by atoms with Crippen LogP contribution in [-0.4, -0.2) is 59.5 Å². The first kappa shape index (κ1) is 32.6. The van der Waals surface area contributed by atoms with Crippen molar-refractivity contribution in [3.05, 3.63) is 53.1 Å². The number of amides is 2. The Hall–Kier alpha value is -3.58. The van der Waals surface area contributed by atoms with Gasteiger partial charge in [0.05, 0.1) is 6.07 Å². The molecule has 0 unspecified atom stereocenters. The predicted molar refractivity (Wildman–Crippen MR) is 156 cm³/mol. The second kappa shape index (κ2) is 14.7. The molecule has 2 atom stereocenters. The molecule has 40 heavy (non-hydrogen) atoms. The third kappa shape index (κ3) is 10.2. The van der Waals surface area contributed by atoms with Gasteiger partial charge in [0, 0.05) is 24.8 Å². The first-order valence-corrected chi connectivity index (χ1v) is 13.8. The van der Waals surface area contributed by atoms with E-state index >= 15 is 0 Å². The lowest BCUT2D eigenvalue weighted by Gasteiger charge is -2.25. The van der Waals surface area contributed by atoms with Gasteiger partial charge in [-0.2, -0.15) is 0 Å². The minimum absolute atomic E-state index is 0.164. The largest absolute Gasteiger partial charge is 0.489 e. The number of nitrogens with one attached hydrogen (secondary N) is 2. The highest BCUT2D eigenvalue weighted by atomic mass is 32.2. The van der Waals surface area contributed by atoms with Crippen LogP contribution in [0.3, 0.4) is 0 Å². The Balaban J connectivity index is 2.02. The third-order valence-electron chi connectivity index (χ3n) is 5.27. The van der Waals surface area contributed by atoms with Crippen molar-refractivity contribution in [1.82, 2.24) is 10.6 Å². The van der Waals surface area contributed by atoms with Crippen LogP contribution in [0.2, 0.25) is 0 Å². The second-order valence-corrected chi connectivity index (χ2v) is 10.9. The molecule has 1 aliphatic heterocycles. The molecule has 1 aromatic heterocycles. The van der Waals surface area contributed by atoms with Crippen LogP contribution in [0.4, 0.5) is 4.79 Å². The van der Waals surface area contributed by atoms with Crippen LogP contribution in [-0.2, 0) is 14.4 Å². The van der Waals surface area contributed by atoms with Crippen molar-refractivity contribution in [1.29, 1.82) is 0 Å². The van der Waals surface area contributed by atoms with Gasteiger partial charge in [-0.15, -0.1) is 11.8 Å². The molecule has 0 fully saturated rings. The minimum Gasteiger partial charge on any atom is -0.489 e. The quantitative estimate of drug-likeness (QED) is 0.130. The average Bonchev–Trinajstić information content (AvgIpc) is 3.29. The van der Waals surface area contributed by atoms with Crippen LogP contribution in [0, 0.1) is 0 Å². The van der Waals surface area contributed by atoms with Crippen molar-refractivity contribution in [2.75, 3.05) is 25.5 Å². The fourth-order valence-corrected chi connectivity index (χ4v) is 4.26. The van der Waals surface area contributed by atoms with Crippen molar-refractivity contribution in [2.24, 2.45) is 15.9 Å². The molecule has 4 N–H and O–H groups in total. The van der Waals surface area contributed by atoms with E-state index < -0.39 is 34.9 Å². The number of rotatable bonds is 14. The van der Waals surface area contributed by atoms with E-state index in [1.807, 2.05) is 6.92 Å². The molecule has 0 bridgehead atoms. The molecule has 1 aromatic rings. The van der Waals surface area contributed by atoms with Gasteiger partial charge >= 0.3 is 11.7 Å². The Morgan fingerprint density at radius 3 is 2.75 bits per heavy atom. The number of carbonyl (C=O) groups excluding carboxylic acids is 2. The summed E-state index contributed by atoms with van der Waals surface area (Å²) in [5.41, 5.74) is 4.64. The van der Waals surface area contributed by atoms with Gasteiger partial charge in [-0.1, -0.05) is 31.3 Å². The zero-order valence-electron chi connectivity index (χ0n) is 23.7. The molecular formula is C27H39N5O7S. The first-order chi connectivity index (χ1) is 18.8. The number of carbonyl (C=O) groups is 2. The molecule has 0 radical (unpaired) electrons. The van der Waals surface area contributed by atoms with E-state index in [0.717, 1.165) is 0 Å². The summed E-state index contributed by atoms with van der Waals surface area (Å²) >= 11 is 1.27. The highest BCUT2D eigenvalue weighted by Gasteiger charge is 2.41. The Bertz CT molecular complexity index is 1200. The monoisotopic (exact) mass is 577 g/mol. The lowest BCUT2D eigenvalue weighted by molar-refractivity contribution is -0.126. The van der Waals surface area contributed by atoms with E-state index in [1.54, 1.807) is 33.8 Å². The fraction of sp³-hybridized carbons (Fsp3) is 0.519. The SMILES string of the molecule is C=CCOc1cc([C@H](NC(=O)[C@]2(N)CSC(/C(C)=N/OCCCNC(=O)OC(C)(C)C)=N2)C(=C)CC)oc(=O)c1. The average molecular weight is 578 g/mol. The zero-order chi connectivity index (χ0) is 29.9. The van der Waals surface area contributed by atoms with Crippen LogP contribution >= 0.6 is 11.8 Å². The molecule has 13 heteroatoms. The Labute approximate surface area is 238 Å². The van der Waals surface area contributed by atoms with Crippen molar-refractivity contribution in [3.8, 4) is 5.75 Å². The molecule has 0 saturated heterocycles. The van der Waals surface area contributed by atoms with Crippen molar-refractivity contribution >= 4 is 34.5 Å². The van der Waals surface area contributed by atoms with Crippen LogP contribution in [0.15, 0.2) is 56.3 Å². The molecule has 2 heterocycles. The van der Waals surface area contributed by atoms with Crippen LogP contribution in [0.1, 0.15) is 59.3 Å². The summed E-state index contributed by atoms with van der Waals surface area (Å²) in [6.45, 7) is 17.3. The van der Waals surface area contributed by atoms with Crippen LogP contribution < -0.4 is 26.7 Å². The third-order valence-corrected chi connectivity index (χ3v) is 6.51. The van der Waals surface area contributed by atoms with Crippen molar-refractivity contribution < 1.29 is 28.3 Å². The summed E-state index contributed by atoms with van der Waals surface area (Å²) in [4.78, 5) is 46.8. The normalized spacial score (nSPS) is 17.9. The molecule has 0 spiro atoms. The van der Waals surface area contributed by atoms with Gasteiger partial charge in [-0.3, -0.25) is 10.5 Å². The van der Waals surface area contributed by atoms with Gasteiger partial charge in [0.15, 0.2) is 5.66 Å². The van der Waals surface area contributed by atoms with E-state index in [2.05, 4.69) is 33.9 Å².